The zero-order valence-electron chi connectivity index (χ0n) is 10.6. The second kappa shape index (κ2) is 4.39. The van der Waals surface area contributed by atoms with Gasteiger partial charge >= 0.3 is 0 Å². The predicted octanol–water partition coefficient (Wildman–Crippen LogP) is 1.28. The van der Waals surface area contributed by atoms with E-state index in [4.69, 9.17) is 5.73 Å². The van der Waals surface area contributed by atoms with Gasteiger partial charge in [0.1, 0.15) is 5.82 Å². The van der Waals surface area contributed by atoms with Gasteiger partial charge in [0.25, 0.3) is 0 Å². The van der Waals surface area contributed by atoms with Crippen molar-refractivity contribution in [3.05, 3.63) is 11.8 Å². The van der Waals surface area contributed by atoms with Gasteiger partial charge in [-0.1, -0.05) is 6.92 Å². The van der Waals surface area contributed by atoms with Gasteiger partial charge in [-0.2, -0.15) is 5.10 Å². The quantitative estimate of drug-likeness (QED) is 0.753. The van der Waals surface area contributed by atoms with Crippen molar-refractivity contribution in [3.63, 3.8) is 0 Å². The Bertz CT molecular complexity index is 454. The lowest BCUT2D eigenvalue weighted by Crippen LogP contribution is -2.42. The summed E-state index contributed by atoms with van der Waals surface area (Å²) >= 11 is 0. The molecule has 0 radical (unpaired) electrons. The second-order valence-corrected chi connectivity index (χ2v) is 5.55. The molecule has 1 heterocycles. The summed E-state index contributed by atoms with van der Waals surface area (Å²) in [7, 11) is 0. The zero-order valence-corrected chi connectivity index (χ0v) is 10.6. The number of amides is 1. The molecule has 98 valence electrons. The fourth-order valence-corrected chi connectivity index (χ4v) is 3.62. The average molecular weight is 248 g/mol. The zero-order chi connectivity index (χ0) is 12.7. The molecule has 0 aliphatic heterocycles. The third-order valence-corrected chi connectivity index (χ3v) is 4.63. The number of nitrogens with two attached hydrogens (primary N) is 1. The molecule has 2 fully saturated rings. The van der Waals surface area contributed by atoms with E-state index < -0.39 is 0 Å². The number of anilines is 1. The highest BCUT2D eigenvalue weighted by Gasteiger charge is 2.49. The van der Waals surface area contributed by atoms with Gasteiger partial charge in [0.15, 0.2) is 0 Å². The minimum absolute atomic E-state index is 0.0169. The Labute approximate surface area is 107 Å². The van der Waals surface area contributed by atoms with Crippen LogP contribution in [0.15, 0.2) is 6.20 Å². The number of hydrogen-bond donors (Lipinski definition) is 3. The molecule has 1 aromatic heterocycles. The molecule has 0 aromatic carbocycles. The topological polar surface area (TPSA) is 83.8 Å². The number of fused-ring (bicyclic) bond motifs is 2. The Morgan fingerprint density at radius 1 is 1.56 bits per heavy atom. The van der Waals surface area contributed by atoms with Crippen LogP contribution in [0.5, 0.6) is 0 Å². The predicted molar refractivity (Wildman–Crippen MR) is 68.9 cm³/mol. The Balaban J connectivity index is 1.72. The molecule has 5 heteroatoms. The lowest BCUT2D eigenvalue weighted by molar-refractivity contribution is -0.121. The van der Waals surface area contributed by atoms with Crippen molar-refractivity contribution in [2.45, 2.75) is 38.6 Å². The van der Waals surface area contributed by atoms with E-state index in [0.717, 1.165) is 30.6 Å². The molecule has 2 aliphatic carbocycles. The summed E-state index contributed by atoms with van der Waals surface area (Å²) in [5.41, 5.74) is 7.22. The van der Waals surface area contributed by atoms with E-state index in [1.165, 1.54) is 6.42 Å². The molecule has 3 rings (SSSR count). The maximum Gasteiger partial charge on any atom is 0.230 e. The van der Waals surface area contributed by atoms with Crippen molar-refractivity contribution in [2.75, 3.05) is 5.32 Å². The first-order valence-electron chi connectivity index (χ1n) is 6.79. The molecule has 5 nitrogen and oxygen atoms in total. The van der Waals surface area contributed by atoms with Gasteiger partial charge in [-0.25, -0.2) is 0 Å². The molecule has 18 heavy (non-hydrogen) atoms. The highest BCUT2D eigenvalue weighted by molar-refractivity contribution is 5.93. The minimum Gasteiger partial charge on any atom is -0.327 e. The number of nitrogens with zero attached hydrogens (tertiary/aromatic N) is 1. The van der Waals surface area contributed by atoms with Gasteiger partial charge in [0.2, 0.25) is 5.91 Å². The van der Waals surface area contributed by atoms with Crippen molar-refractivity contribution < 1.29 is 4.79 Å². The van der Waals surface area contributed by atoms with E-state index in [1.54, 1.807) is 6.20 Å². The maximum absolute atomic E-state index is 12.3. The number of carbonyl (C=O) groups is 1. The number of hydrogen-bond acceptors (Lipinski definition) is 3. The summed E-state index contributed by atoms with van der Waals surface area (Å²) < 4.78 is 0. The number of H-pyrrole nitrogens is 1. The molecule has 0 saturated heterocycles. The van der Waals surface area contributed by atoms with E-state index in [-0.39, 0.29) is 17.9 Å². The summed E-state index contributed by atoms with van der Waals surface area (Å²) in [6.45, 7) is 2.05. The first-order chi connectivity index (χ1) is 8.70. The van der Waals surface area contributed by atoms with Crippen molar-refractivity contribution in [1.29, 1.82) is 0 Å². The number of nitrogens with one attached hydrogen (secondary N) is 2. The molecule has 0 spiro atoms. The molecule has 4 N–H and O–H groups in total. The smallest absolute Gasteiger partial charge is 0.230 e. The maximum atomic E-state index is 12.3. The van der Waals surface area contributed by atoms with Crippen LogP contribution in [-0.4, -0.2) is 22.1 Å². The van der Waals surface area contributed by atoms with Gasteiger partial charge < -0.3 is 11.1 Å². The fourth-order valence-electron chi connectivity index (χ4n) is 3.62. The molecule has 4 unspecified atom stereocenters. The van der Waals surface area contributed by atoms with Crippen LogP contribution in [0.2, 0.25) is 0 Å². The van der Waals surface area contributed by atoms with E-state index in [0.29, 0.717) is 11.8 Å². The molecule has 2 aliphatic rings. The first kappa shape index (κ1) is 11.7. The molecular weight excluding hydrogens is 228 g/mol. The van der Waals surface area contributed by atoms with Crippen molar-refractivity contribution >= 4 is 11.7 Å². The fraction of sp³-hybridized carbons (Fsp3) is 0.692. The van der Waals surface area contributed by atoms with E-state index in [9.17, 15) is 4.79 Å². The third-order valence-electron chi connectivity index (χ3n) is 4.63. The summed E-state index contributed by atoms with van der Waals surface area (Å²) in [6.07, 6.45) is 6.09. The number of rotatable bonds is 3. The molecule has 1 aromatic rings. The van der Waals surface area contributed by atoms with Crippen LogP contribution < -0.4 is 11.1 Å². The van der Waals surface area contributed by atoms with Gasteiger partial charge in [-0.05, 0) is 37.5 Å². The molecule has 1 amide bonds. The van der Waals surface area contributed by atoms with Crippen molar-refractivity contribution in [1.82, 2.24) is 10.2 Å². The van der Waals surface area contributed by atoms with Gasteiger partial charge in [0.05, 0.1) is 12.1 Å². The number of aromatic nitrogens is 2. The Kier molecular flexibility index (Phi) is 2.86. The number of aromatic amines is 1. The summed E-state index contributed by atoms with van der Waals surface area (Å²) in [5, 5.41) is 9.78. The van der Waals surface area contributed by atoms with E-state index >= 15 is 0 Å². The minimum atomic E-state index is -0.0169. The molecular formula is C13H20N4O. The summed E-state index contributed by atoms with van der Waals surface area (Å²) in [4.78, 5) is 12.3. The molecule has 2 saturated carbocycles. The van der Waals surface area contributed by atoms with Crippen LogP contribution in [0.25, 0.3) is 0 Å². The van der Waals surface area contributed by atoms with Crippen LogP contribution in [-0.2, 0) is 11.2 Å². The van der Waals surface area contributed by atoms with Crippen LogP contribution in [0, 0.1) is 17.8 Å². The molecule has 4 atom stereocenters. The van der Waals surface area contributed by atoms with Crippen LogP contribution in [0.1, 0.15) is 31.7 Å². The van der Waals surface area contributed by atoms with Crippen LogP contribution in [0.3, 0.4) is 0 Å². The Morgan fingerprint density at radius 3 is 3.00 bits per heavy atom. The Morgan fingerprint density at radius 2 is 2.33 bits per heavy atom. The van der Waals surface area contributed by atoms with Crippen LogP contribution in [0.4, 0.5) is 5.82 Å². The summed E-state index contributed by atoms with van der Waals surface area (Å²) in [5.74, 6) is 1.82. The largest absolute Gasteiger partial charge is 0.327 e. The normalized spacial score (nSPS) is 33.9. The number of aryl methyl sites for hydroxylation is 1. The highest BCUT2D eigenvalue weighted by Crippen LogP contribution is 2.47. The third kappa shape index (κ3) is 1.73. The lowest BCUT2D eigenvalue weighted by Gasteiger charge is -2.26. The first-order valence-corrected chi connectivity index (χ1v) is 6.79. The summed E-state index contributed by atoms with van der Waals surface area (Å²) in [6, 6.07) is 0.0387. The second-order valence-electron chi connectivity index (χ2n) is 5.55. The SMILES string of the molecule is CCc1cn[nH]c1NC(=O)C1C2CCC(C2)C1N. The van der Waals surface area contributed by atoms with Crippen LogP contribution >= 0.6 is 0 Å². The molecule has 2 bridgehead atoms. The van der Waals surface area contributed by atoms with Gasteiger partial charge in [0, 0.05) is 11.6 Å². The number of carbonyl (C=O) groups excluding carboxylic acids is 1. The monoisotopic (exact) mass is 248 g/mol. The van der Waals surface area contributed by atoms with Gasteiger partial charge in [-0.3, -0.25) is 9.89 Å². The highest BCUT2D eigenvalue weighted by atomic mass is 16.2. The average Bonchev–Trinajstić information content (AvgIpc) is 3.03. The standard InChI is InChI=1S/C13H20N4O/c1-2-7-6-15-17-12(7)16-13(18)10-8-3-4-9(5-8)11(10)14/h6,8-11H,2-5,14H2,1H3,(H2,15,16,17,18). The van der Waals surface area contributed by atoms with Crippen molar-refractivity contribution in [3.8, 4) is 0 Å². The van der Waals surface area contributed by atoms with Crippen molar-refractivity contribution in [2.24, 2.45) is 23.5 Å². The van der Waals surface area contributed by atoms with Gasteiger partial charge in [-0.15, -0.1) is 0 Å². The Hall–Kier alpha value is -1.36. The lowest BCUT2D eigenvalue weighted by atomic mass is 9.84. The van der Waals surface area contributed by atoms with E-state index in [2.05, 4.69) is 15.5 Å². The van der Waals surface area contributed by atoms with E-state index in [1.807, 2.05) is 6.92 Å².